The van der Waals surface area contributed by atoms with Gasteiger partial charge in [0.2, 0.25) is 0 Å². The highest BCUT2D eigenvalue weighted by Crippen LogP contribution is 2.41. The molecule has 0 aromatic heterocycles. The molecule has 0 heteroatoms. The molecule has 20 heavy (non-hydrogen) atoms. The standard InChI is InChI=1S/C18H30.2CH4.2H2/c1-3-5-15-7-11-17(12-8-15)18-13-9-16(6-4-2)10-14-18;;;;/h3-6,15-18H,7-14H2,1-2H3;2*1H4;2*1H/b5-3+,6-4+;;;;. The smallest absolute Gasteiger partial charge is 0 e. The molecule has 0 aliphatic heterocycles. The molecule has 0 nitrogen and oxygen atoms in total. The third kappa shape index (κ3) is 5.46. The molecule has 2 fully saturated rings. The minimum absolute atomic E-state index is 0. The molecule has 0 N–H and O–H groups in total. The van der Waals surface area contributed by atoms with E-state index in [0.717, 1.165) is 23.7 Å². The molecule has 0 bridgehead atoms. The fourth-order valence-corrected chi connectivity index (χ4v) is 4.16. The van der Waals surface area contributed by atoms with E-state index >= 15 is 0 Å². The van der Waals surface area contributed by atoms with Gasteiger partial charge in [0.15, 0.2) is 0 Å². The average molecular weight is 283 g/mol. The second kappa shape index (κ2) is 10.2. The topological polar surface area (TPSA) is 0 Å². The summed E-state index contributed by atoms with van der Waals surface area (Å²) in [5, 5.41) is 0. The van der Waals surface area contributed by atoms with E-state index in [4.69, 9.17) is 0 Å². The zero-order chi connectivity index (χ0) is 12.8. The van der Waals surface area contributed by atoms with Crippen molar-refractivity contribution in [2.24, 2.45) is 23.7 Å². The van der Waals surface area contributed by atoms with Crippen LogP contribution in [0.2, 0.25) is 0 Å². The normalized spacial score (nSPS) is 34.7. The lowest BCUT2D eigenvalue weighted by atomic mass is 9.69. The van der Waals surface area contributed by atoms with Crippen molar-refractivity contribution in [3.8, 4) is 0 Å². The van der Waals surface area contributed by atoms with Crippen LogP contribution in [0.5, 0.6) is 0 Å². The molecule has 0 atom stereocenters. The summed E-state index contributed by atoms with van der Waals surface area (Å²) >= 11 is 0. The van der Waals surface area contributed by atoms with Gasteiger partial charge >= 0.3 is 0 Å². The summed E-state index contributed by atoms with van der Waals surface area (Å²) in [5.41, 5.74) is 0. The predicted molar refractivity (Wildman–Crippen MR) is 98.2 cm³/mol. The fraction of sp³-hybridized carbons (Fsp3) is 0.800. The van der Waals surface area contributed by atoms with Crippen LogP contribution in [0.3, 0.4) is 0 Å². The minimum Gasteiger partial charge on any atom is -0.0914 e. The van der Waals surface area contributed by atoms with E-state index in [1.807, 2.05) is 0 Å². The van der Waals surface area contributed by atoms with Gasteiger partial charge in [-0.3, -0.25) is 0 Å². The highest BCUT2D eigenvalue weighted by atomic mass is 14.3. The third-order valence-electron chi connectivity index (χ3n) is 5.23. The molecule has 0 spiro atoms. The molecule has 0 unspecified atom stereocenters. The van der Waals surface area contributed by atoms with Crippen LogP contribution in [0.25, 0.3) is 0 Å². The zero-order valence-electron chi connectivity index (χ0n) is 12.3. The average Bonchev–Trinajstić information content (AvgIpc) is 2.41. The Bertz CT molecular complexity index is 250. The summed E-state index contributed by atoms with van der Waals surface area (Å²) in [7, 11) is 0. The molecule has 2 aliphatic rings. The Morgan fingerprint density at radius 1 is 0.600 bits per heavy atom. The molecule has 0 amide bonds. The molecular formula is C20H42. The van der Waals surface area contributed by atoms with Crippen molar-refractivity contribution in [3.05, 3.63) is 24.3 Å². The first-order valence-electron chi connectivity index (χ1n) is 8.09. The lowest BCUT2D eigenvalue weighted by Crippen LogP contribution is -2.25. The number of rotatable bonds is 3. The van der Waals surface area contributed by atoms with Crippen molar-refractivity contribution in [2.75, 3.05) is 0 Å². The summed E-state index contributed by atoms with van der Waals surface area (Å²) in [6.45, 7) is 4.32. The van der Waals surface area contributed by atoms with Crippen molar-refractivity contribution >= 4 is 0 Å². The summed E-state index contributed by atoms with van der Waals surface area (Å²) in [4.78, 5) is 0. The van der Waals surface area contributed by atoms with Crippen LogP contribution in [0.15, 0.2) is 24.3 Å². The van der Waals surface area contributed by atoms with E-state index in [9.17, 15) is 0 Å². The highest BCUT2D eigenvalue weighted by molar-refractivity contribution is 4.93. The van der Waals surface area contributed by atoms with Gasteiger partial charge in [-0.05, 0) is 88.9 Å². The molecule has 2 saturated carbocycles. The van der Waals surface area contributed by atoms with Crippen LogP contribution in [-0.2, 0) is 0 Å². The van der Waals surface area contributed by atoms with Gasteiger partial charge in [0, 0.05) is 2.85 Å². The first-order valence-corrected chi connectivity index (χ1v) is 8.09. The van der Waals surface area contributed by atoms with Gasteiger partial charge in [-0.15, -0.1) is 0 Å². The lowest BCUT2D eigenvalue weighted by molar-refractivity contribution is 0.166. The monoisotopic (exact) mass is 282 g/mol. The summed E-state index contributed by atoms with van der Waals surface area (Å²) < 4.78 is 0. The SMILES string of the molecule is C.C.C/C=C/C1CCC(C2CCC(/C=C/C)CC2)CC1.[HH].[HH]. The maximum Gasteiger partial charge on any atom is 0 e. The van der Waals surface area contributed by atoms with Crippen molar-refractivity contribution in [1.82, 2.24) is 0 Å². The largest absolute Gasteiger partial charge is 0.0914 e. The van der Waals surface area contributed by atoms with Crippen molar-refractivity contribution in [3.63, 3.8) is 0 Å². The molecule has 0 saturated heterocycles. The highest BCUT2D eigenvalue weighted by Gasteiger charge is 2.29. The Hall–Kier alpha value is -0.520. The summed E-state index contributed by atoms with van der Waals surface area (Å²) in [5.74, 6) is 3.90. The van der Waals surface area contributed by atoms with Gasteiger partial charge in [0.1, 0.15) is 0 Å². The minimum atomic E-state index is 0. The Balaban J connectivity index is -0.000000902. The predicted octanol–water partition coefficient (Wildman–Crippen LogP) is 7.52. The van der Waals surface area contributed by atoms with Gasteiger partial charge in [0.05, 0.1) is 0 Å². The Morgan fingerprint density at radius 2 is 0.900 bits per heavy atom. The quantitative estimate of drug-likeness (QED) is 0.470. The van der Waals surface area contributed by atoms with Gasteiger partial charge in [-0.1, -0.05) is 39.2 Å². The molecule has 0 aromatic rings. The maximum atomic E-state index is 2.43. The Morgan fingerprint density at radius 3 is 1.15 bits per heavy atom. The van der Waals surface area contributed by atoms with E-state index in [1.165, 1.54) is 51.4 Å². The van der Waals surface area contributed by atoms with E-state index < -0.39 is 0 Å². The Kier molecular flexibility index (Phi) is 9.98. The maximum absolute atomic E-state index is 2.43. The molecule has 0 radical (unpaired) electrons. The van der Waals surface area contributed by atoms with Crippen LogP contribution in [-0.4, -0.2) is 0 Å². The van der Waals surface area contributed by atoms with Crippen molar-refractivity contribution in [1.29, 1.82) is 0 Å². The molecule has 122 valence electrons. The first-order chi connectivity index (χ1) is 8.83. The van der Waals surface area contributed by atoms with E-state index in [-0.39, 0.29) is 17.7 Å². The number of allylic oxidation sites excluding steroid dienone is 4. The van der Waals surface area contributed by atoms with E-state index in [1.54, 1.807) is 0 Å². The van der Waals surface area contributed by atoms with Crippen molar-refractivity contribution in [2.45, 2.75) is 80.1 Å². The molecule has 0 heterocycles. The van der Waals surface area contributed by atoms with Gasteiger partial charge in [-0.2, -0.15) is 0 Å². The van der Waals surface area contributed by atoms with Crippen molar-refractivity contribution < 1.29 is 2.85 Å². The van der Waals surface area contributed by atoms with Crippen LogP contribution in [0.4, 0.5) is 0 Å². The van der Waals surface area contributed by atoms with E-state index in [2.05, 4.69) is 38.2 Å². The van der Waals surface area contributed by atoms with Gasteiger partial charge in [-0.25, -0.2) is 0 Å². The van der Waals surface area contributed by atoms with Crippen LogP contribution in [0.1, 0.15) is 82.9 Å². The van der Waals surface area contributed by atoms with E-state index in [0.29, 0.717) is 0 Å². The third-order valence-corrected chi connectivity index (χ3v) is 5.23. The summed E-state index contributed by atoms with van der Waals surface area (Å²) in [6.07, 6.45) is 21.1. The molecule has 2 aliphatic carbocycles. The van der Waals surface area contributed by atoms with Crippen LogP contribution >= 0.6 is 0 Å². The lowest BCUT2D eigenvalue weighted by Gasteiger charge is -2.36. The first kappa shape index (κ1) is 19.5. The molecule has 0 aromatic carbocycles. The fourth-order valence-electron chi connectivity index (χ4n) is 4.16. The van der Waals surface area contributed by atoms with Gasteiger partial charge in [0.25, 0.3) is 0 Å². The van der Waals surface area contributed by atoms with Gasteiger partial charge < -0.3 is 0 Å². The summed E-state index contributed by atoms with van der Waals surface area (Å²) in [6, 6.07) is 0. The second-order valence-electron chi connectivity index (χ2n) is 6.40. The Labute approximate surface area is 131 Å². The number of hydrogen-bond acceptors (Lipinski definition) is 0. The molecule has 2 rings (SSSR count). The zero-order valence-corrected chi connectivity index (χ0v) is 12.3. The number of hydrogen-bond donors (Lipinski definition) is 0. The second-order valence-corrected chi connectivity index (χ2v) is 6.40. The van der Waals surface area contributed by atoms with Crippen LogP contribution in [0, 0.1) is 23.7 Å². The molecular weight excluding hydrogens is 240 g/mol. The van der Waals surface area contributed by atoms with Crippen LogP contribution < -0.4 is 0 Å².